The Bertz CT molecular complexity index is 1190. The van der Waals surface area contributed by atoms with Crippen molar-refractivity contribution >= 4 is 33.1 Å². The van der Waals surface area contributed by atoms with Crippen molar-refractivity contribution in [1.29, 1.82) is 0 Å². The van der Waals surface area contributed by atoms with Gasteiger partial charge in [0, 0.05) is 10.8 Å². The maximum absolute atomic E-state index is 6.04. The fourth-order valence-electron chi connectivity index (χ4n) is 3.52. The molecule has 0 atom stereocenters. The summed E-state index contributed by atoms with van der Waals surface area (Å²) < 4.78 is 6.04. The van der Waals surface area contributed by atoms with Gasteiger partial charge in [-0.2, -0.15) is 0 Å². The minimum absolute atomic E-state index is 0.923. The second-order valence-corrected chi connectivity index (χ2v) is 6.92. The Kier molecular flexibility index (Phi) is 4.52. The molecule has 132 valence electrons. The van der Waals surface area contributed by atoms with Crippen LogP contribution in [0.4, 0.5) is 0 Å². The molecule has 0 radical (unpaired) electrons. The molecule has 0 saturated carbocycles. The van der Waals surface area contributed by atoms with Crippen LogP contribution in [0.3, 0.4) is 0 Å². The predicted octanol–water partition coefficient (Wildman–Crippen LogP) is 7.65. The van der Waals surface area contributed by atoms with Crippen LogP contribution >= 0.6 is 0 Å². The van der Waals surface area contributed by atoms with E-state index in [1.165, 1.54) is 22.1 Å². The average molecular weight is 350 g/mol. The fraction of sp³-hybridized carbons (Fsp3) is 0.0769. The molecule has 0 N–H and O–H groups in total. The topological polar surface area (TPSA) is 13.1 Å². The van der Waals surface area contributed by atoms with Gasteiger partial charge in [0.15, 0.2) is 0 Å². The highest BCUT2D eigenvalue weighted by Crippen LogP contribution is 2.35. The number of para-hydroxylation sites is 1. The normalized spacial score (nSPS) is 12.7. The molecule has 1 aromatic heterocycles. The summed E-state index contributed by atoms with van der Waals surface area (Å²) in [7, 11) is 0. The lowest BCUT2D eigenvalue weighted by atomic mass is 9.95. The van der Waals surface area contributed by atoms with E-state index in [1.54, 1.807) is 0 Å². The summed E-state index contributed by atoms with van der Waals surface area (Å²) in [6.07, 6.45) is 4.37. The molecule has 0 aliphatic rings. The lowest BCUT2D eigenvalue weighted by Crippen LogP contribution is -1.86. The molecular formula is C26H22O. The number of rotatable bonds is 4. The van der Waals surface area contributed by atoms with Gasteiger partial charge in [0.1, 0.15) is 11.2 Å². The lowest BCUT2D eigenvalue weighted by molar-refractivity contribution is 0.669. The van der Waals surface area contributed by atoms with Crippen LogP contribution in [-0.4, -0.2) is 0 Å². The van der Waals surface area contributed by atoms with Gasteiger partial charge in [0.05, 0.1) is 0 Å². The third kappa shape index (κ3) is 3.37. The Balaban J connectivity index is 1.91. The van der Waals surface area contributed by atoms with E-state index in [-0.39, 0.29) is 0 Å². The number of fused-ring (bicyclic) bond motifs is 3. The van der Waals surface area contributed by atoms with E-state index in [0.29, 0.717) is 0 Å². The third-order valence-electron chi connectivity index (χ3n) is 4.71. The van der Waals surface area contributed by atoms with E-state index >= 15 is 0 Å². The summed E-state index contributed by atoms with van der Waals surface area (Å²) in [5.41, 5.74) is 7.61. The summed E-state index contributed by atoms with van der Waals surface area (Å²) in [4.78, 5) is 0. The van der Waals surface area contributed by atoms with Crippen molar-refractivity contribution in [3.8, 4) is 0 Å². The van der Waals surface area contributed by atoms with Gasteiger partial charge in [-0.1, -0.05) is 85.0 Å². The molecule has 0 spiro atoms. The van der Waals surface area contributed by atoms with E-state index in [1.807, 2.05) is 31.2 Å². The van der Waals surface area contributed by atoms with Crippen LogP contribution in [0.2, 0.25) is 0 Å². The number of benzene rings is 3. The minimum atomic E-state index is 0.923. The molecular weight excluding hydrogens is 328 g/mol. The fourth-order valence-corrected chi connectivity index (χ4v) is 3.52. The first kappa shape index (κ1) is 17.1. The number of allylic oxidation sites excluding steroid dienone is 5. The average Bonchev–Trinajstić information content (AvgIpc) is 3.06. The van der Waals surface area contributed by atoms with Crippen LogP contribution in [0.15, 0.2) is 102 Å². The van der Waals surface area contributed by atoms with Crippen molar-refractivity contribution < 1.29 is 4.42 Å². The molecule has 3 aromatic carbocycles. The van der Waals surface area contributed by atoms with Gasteiger partial charge < -0.3 is 4.42 Å². The first-order valence-electron chi connectivity index (χ1n) is 9.15. The van der Waals surface area contributed by atoms with Gasteiger partial charge in [-0.15, -0.1) is 0 Å². The zero-order chi connectivity index (χ0) is 18.8. The number of hydrogen-bond donors (Lipinski definition) is 0. The van der Waals surface area contributed by atoms with Gasteiger partial charge in [0.2, 0.25) is 0 Å². The molecule has 1 heteroatoms. The van der Waals surface area contributed by atoms with E-state index in [9.17, 15) is 0 Å². The van der Waals surface area contributed by atoms with Crippen LogP contribution < -0.4 is 0 Å². The maximum Gasteiger partial charge on any atom is 0.136 e. The smallest absolute Gasteiger partial charge is 0.136 e. The van der Waals surface area contributed by atoms with Gasteiger partial charge >= 0.3 is 0 Å². The monoisotopic (exact) mass is 350 g/mol. The highest BCUT2D eigenvalue weighted by atomic mass is 16.3. The van der Waals surface area contributed by atoms with Crippen molar-refractivity contribution in [2.24, 2.45) is 0 Å². The quantitative estimate of drug-likeness (QED) is 0.344. The van der Waals surface area contributed by atoms with Crippen molar-refractivity contribution in [1.82, 2.24) is 0 Å². The first-order valence-corrected chi connectivity index (χ1v) is 9.15. The molecule has 0 saturated heterocycles. The van der Waals surface area contributed by atoms with Crippen LogP contribution in [-0.2, 0) is 0 Å². The molecule has 0 bridgehead atoms. The zero-order valence-corrected chi connectivity index (χ0v) is 15.7. The molecule has 0 aliphatic carbocycles. The van der Waals surface area contributed by atoms with E-state index < -0.39 is 0 Å². The van der Waals surface area contributed by atoms with Crippen LogP contribution in [0, 0.1) is 0 Å². The largest absolute Gasteiger partial charge is 0.456 e. The minimum Gasteiger partial charge on any atom is -0.456 e. The summed E-state index contributed by atoms with van der Waals surface area (Å²) >= 11 is 0. The molecule has 0 unspecified atom stereocenters. The van der Waals surface area contributed by atoms with Crippen LogP contribution in [0.25, 0.3) is 33.1 Å². The van der Waals surface area contributed by atoms with Crippen molar-refractivity contribution in [2.75, 3.05) is 0 Å². The van der Waals surface area contributed by atoms with Gasteiger partial charge in [-0.3, -0.25) is 0 Å². The number of furan rings is 1. The number of hydrogen-bond acceptors (Lipinski definition) is 1. The molecule has 27 heavy (non-hydrogen) atoms. The van der Waals surface area contributed by atoms with E-state index in [2.05, 4.69) is 74.2 Å². The Morgan fingerprint density at radius 1 is 0.778 bits per heavy atom. The van der Waals surface area contributed by atoms with Crippen LogP contribution in [0.1, 0.15) is 25.0 Å². The van der Waals surface area contributed by atoms with E-state index in [4.69, 9.17) is 4.42 Å². The van der Waals surface area contributed by atoms with Gasteiger partial charge in [0.25, 0.3) is 0 Å². The Morgan fingerprint density at radius 3 is 2.26 bits per heavy atom. The predicted molar refractivity (Wildman–Crippen MR) is 117 cm³/mol. The Labute approximate surface area is 159 Å². The van der Waals surface area contributed by atoms with Gasteiger partial charge in [-0.25, -0.2) is 0 Å². The Hall–Kier alpha value is -3.32. The summed E-state index contributed by atoms with van der Waals surface area (Å²) in [5, 5.41) is 2.32. The highest BCUT2D eigenvalue weighted by Gasteiger charge is 2.12. The third-order valence-corrected chi connectivity index (χ3v) is 4.71. The van der Waals surface area contributed by atoms with Crippen molar-refractivity contribution in [3.05, 3.63) is 108 Å². The SMILES string of the molecule is C=C(C)/C=C(\C=C(/C)c1cccc2oc3ccccc3c12)c1ccccc1. The lowest BCUT2D eigenvalue weighted by Gasteiger charge is -2.08. The molecule has 0 amide bonds. The highest BCUT2D eigenvalue weighted by molar-refractivity contribution is 6.10. The molecule has 4 rings (SSSR count). The van der Waals surface area contributed by atoms with Crippen LogP contribution in [0.5, 0.6) is 0 Å². The van der Waals surface area contributed by atoms with Crippen molar-refractivity contribution in [2.45, 2.75) is 13.8 Å². The Morgan fingerprint density at radius 2 is 1.48 bits per heavy atom. The molecule has 4 aromatic rings. The molecule has 0 aliphatic heterocycles. The second kappa shape index (κ2) is 7.13. The molecule has 0 fully saturated rings. The van der Waals surface area contributed by atoms with Gasteiger partial charge in [-0.05, 0) is 48.3 Å². The summed E-state index contributed by atoms with van der Waals surface area (Å²) in [6.45, 7) is 8.25. The van der Waals surface area contributed by atoms with E-state index in [0.717, 1.165) is 27.7 Å². The molecule has 1 heterocycles. The standard InChI is InChI=1S/C26H22O/c1-18(2)16-21(20-10-5-4-6-11-20)17-19(3)22-13-9-15-25-26(22)23-12-7-8-14-24(23)27-25/h4-17H,1H2,2-3H3/b19-17+,21-16+. The first-order chi connectivity index (χ1) is 13.1. The maximum atomic E-state index is 6.04. The molecule has 1 nitrogen and oxygen atoms in total. The summed E-state index contributed by atoms with van der Waals surface area (Å²) in [6, 6.07) is 24.9. The van der Waals surface area contributed by atoms with Crippen molar-refractivity contribution in [3.63, 3.8) is 0 Å². The second-order valence-electron chi connectivity index (χ2n) is 6.92. The summed E-state index contributed by atoms with van der Waals surface area (Å²) in [5.74, 6) is 0. The zero-order valence-electron chi connectivity index (χ0n) is 15.7.